The van der Waals surface area contributed by atoms with Crippen molar-refractivity contribution in [2.45, 2.75) is 56.5 Å². The maximum Gasteiger partial charge on any atom is 0.211 e. The van der Waals surface area contributed by atoms with E-state index < -0.39 is 10.0 Å². The molecule has 0 spiro atoms. The van der Waals surface area contributed by atoms with Gasteiger partial charge in [-0.15, -0.1) is 0 Å². The van der Waals surface area contributed by atoms with Gasteiger partial charge in [0.25, 0.3) is 0 Å². The fourth-order valence-electron chi connectivity index (χ4n) is 4.32. The lowest BCUT2D eigenvalue weighted by atomic mass is 10.0. The largest absolute Gasteiger partial charge is 0.490 e. The smallest absolute Gasteiger partial charge is 0.211 e. The van der Waals surface area contributed by atoms with Gasteiger partial charge in [-0.2, -0.15) is 0 Å². The Morgan fingerprint density at radius 3 is 2.44 bits per heavy atom. The fourth-order valence-corrected chi connectivity index (χ4v) is 6.56. The molecule has 2 fully saturated rings. The maximum absolute atomic E-state index is 14.9. The van der Waals surface area contributed by atoms with E-state index in [0.29, 0.717) is 55.1 Å². The van der Waals surface area contributed by atoms with Gasteiger partial charge in [0.1, 0.15) is 17.7 Å². The van der Waals surface area contributed by atoms with Crippen LogP contribution in [0.5, 0.6) is 5.75 Å². The molecule has 2 aromatic rings. The monoisotopic (exact) mass is 478 g/mol. The van der Waals surface area contributed by atoms with Crippen molar-refractivity contribution < 1.29 is 17.5 Å². The Kier molecular flexibility index (Phi) is 7.44. The molecule has 2 saturated heterocycles. The minimum Gasteiger partial charge on any atom is -0.490 e. The predicted molar refractivity (Wildman–Crippen MR) is 127 cm³/mol. The van der Waals surface area contributed by atoms with Crippen molar-refractivity contribution in [3.8, 4) is 5.75 Å². The topological polar surface area (TPSA) is 49.9 Å². The Morgan fingerprint density at radius 1 is 1.06 bits per heavy atom. The molecule has 2 aromatic carbocycles. The second-order valence-electron chi connectivity index (χ2n) is 8.74. The van der Waals surface area contributed by atoms with Crippen LogP contribution in [0.25, 0.3) is 0 Å². The first-order chi connectivity index (χ1) is 15.3. The number of nitrogens with zero attached hydrogens (tertiary/aromatic N) is 2. The van der Waals surface area contributed by atoms with Gasteiger partial charge in [-0.05, 0) is 44.2 Å². The van der Waals surface area contributed by atoms with E-state index in [9.17, 15) is 12.8 Å². The third-order valence-corrected chi connectivity index (χ3v) is 9.12. The van der Waals surface area contributed by atoms with Crippen LogP contribution in [0.15, 0.2) is 48.5 Å². The summed E-state index contributed by atoms with van der Waals surface area (Å²) in [7, 11) is -3.16. The van der Waals surface area contributed by atoms with Crippen LogP contribution in [0.2, 0.25) is 0 Å². The van der Waals surface area contributed by atoms with E-state index >= 15 is 0 Å². The summed E-state index contributed by atoms with van der Waals surface area (Å²) in [6.45, 7) is 3.63. The van der Waals surface area contributed by atoms with Gasteiger partial charge in [-0.3, -0.25) is 0 Å². The van der Waals surface area contributed by atoms with E-state index in [2.05, 4.69) is 35.5 Å². The molecule has 174 valence electrons. The second-order valence-corrected chi connectivity index (χ2v) is 12.0. The average Bonchev–Trinajstić information content (AvgIpc) is 2.77. The lowest BCUT2D eigenvalue weighted by Crippen LogP contribution is -2.41. The molecule has 2 atom stereocenters. The zero-order chi connectivity index (χ0) is 22.7. The lowest BCUT2D eigenvalue weighted by Gasteiger charge is -2.37. The molecule has 0 N–H and O–H groups in total. The van der Waals surface area contributed by atoms with Crippen molar-refractivity contribution in [1.29, 1.82) is 0 Å². The Balaban J connectivity index is 1.36. The molecule has 0 amide bonds. The van der Waals surface area contributed by atoms with Gasteiger partial charge in [0.2, 0.25) is 10.0 Å². The van der Waals surface area contributed by atoms with E-state index in [0.717, 1.165) is 12.8 Å². The molecule has 2 aliphatic heterocycles. The van der Waals surface area contributed by atoms with Crippen molar-refractivity contribution in [2.75, 3.05) is 19.3 Å². The number of benzene rings is 2. The molecule has 8 heteroatoms. The second kappa shape index (κ2) is 10.1. The van der Waals surface area contributed by atoms with E-state index in [1.807, 2.05) is 30.1 Å². The SMILES string of the molecule is C[C@H]1CCC(c2ccccc2)SN1Cc1ccc(OC2CCN(S(C)(=O)=O)CC2)cc1F. The van der Waals surface area contributed by atoms with Crippen molar-refractivity contribution >= 4 is 22.0 Å². The zero-order valence-electron chi connectivity index (χ0n) is 18.6. The van der Waals surface area contributed by atoms with Crippen molar-refractivity contribution in [2.24, 2.45) is 0 Å². The lowest BCUT2D eigenvalue weighted by molar-refractivity contribution is 0.135. The van der Waals surface area contributed by atoms with Crippen LogP contribution in [0.3, 0.4) is 0 Å². The highest BCUT2D eigenvalue weighted by atomic mass is 32.2. The Labute approximate surface area is 195 Å². The Hall–Kier alpha value is -1.61. The van der Waals surface area contributed by atoms with Gasteiger partial charge in [-0.25, -0.2) is 21.4 Å². The van der Waals surface area contributed by atoms with Crippen LogP contribution >= 0.6 is 11.9 Å². The highest BCUT2D eigenvalue weighted by molar-refractivity contribution is 7.97. The van der Waals surface area contributed by atoms with E-state index in [4.69, 9.17) is 4.74 Å². The first-order valence-electron chi connectivity index (χ1n) is 11.2. The summed E-state index contributed by atoms with van der Waals surface area (Å²) in [4.78, 5) is 0. The van der Waals surface area contributed by atoms with E-state index in [-0.39, 0.29) is 11.9 Å². The molecule has 2 heterocycles. The van der Waals surface area contributed by atoms with Crippen molar-refractivity contribution in [1.82, 2.24) is 8.61 Å². The Bertz CT molecular complexity index is 1010. The van der Waals surface area contributed by atoms with E-state index in [1.54, 1.807) is 0 Å². The minimum atomic E-state index is -3.16. The van der Waals surface area contributed by atoms with Crippen LogP contribution in [-0.4, -0.2) is 48.5 Å². The van der Waals surface area contributed by atoms with Crippen LogP contribution in [-0.2, 0) is 16.6 Å². The van der Waals surface area contributed by atoms with Crippen LogP contribution < -0.4 is 4.74 Å². The van der Waals surface area contributed by atoms with Gasteiger partial charge in [0, 0.05) is 42.6 Å². The van der Waals surface area contributed by atoms with Crippen molar-refractivity contribution in [3.05, 3.63) is 65.5 Å². The molecule has 0 saturated carbocycles. The van der Waals surface area contributed by atoms with Crippen molar-refractivity contribution in [3.63, 3.8) is 0 Å². The summed E-state index contributed by atoms with van der Waals surface area (Å²) in [5, 5.41) is 0.399. The number of piperidine rings is 1. The normalized spacial score (nSPS) is 23.8. The third-order valence-electron chi connectivity index (χ3n) is 6.30. The van der Waals surface area contributed by atoms with E-state index in [1.165, 1.54) is 22.2 Å². The Morgan fingerprint density at radius 2 is 1.78 bits per heavy atom. The van der Waals surface area contributed by atoms with Gasteiger partial charge in [-0.1, -0.05) is 48.3 Å². The first kappa shape index (κ1) is 23.5. The number of halogens is 1. The highest BCUT2D eigenvalue weighted by Gasteiger charge is 2.29. The zero-order valence-corrected chi connectivity index (χ0v) is 20.2. The van der Waals surface area contributed by atoms with Crippen LogP contribution in [0.1, 0.15) is 49.0 Å². The number of rotatable bonds is 6. The average molecular weight is 479 g/mol. The molecule has 5 nitrogen and oxygen atoms in total. The molecule has 0 bridgehead atoms. The molecular formula is C24H31FN2O3S2. The van der Waals surface area contributed by atoms with Gasteiger partial charge in [0.05, 0.1) is 6.26 Å². The standard InChI is InChI=1S/C24H31FN2O3S2/c1-18-8-11-24(19-6-4-3-5-7-19)31-27(18)17-20-9-10-22(16-23(20)25)30-21-12-14-26(15-13-21)32(2,28)29/h3-7,9-10,16,18,21,24H,8,11-15,17H2,1-2H3/t18-,24?/m0/s1. The summed E-state index contributed by atoms with van der Waals surface area (Å²) < 4.78 is 47.9. The molecule has 0 aliphatic carbocycles. The summed E-state index contributed by atoms with van der Waals surface area (Å²) in [5.74, 6) is 0.247. The maximum atomic E-state index is 14.9. The highest BCUT2D eigenvalue weighted by Crippen LogP contribution is 2.43. The fraction of sp³-hybridized carbons (Fsp3) is 0.500. The molecule has 4 rings (SSSR count). The van der Waals surface area contributed by atoms with Crippen LogP contribution in [0, 0.1) is 5.82 Å². The number of hydrogen-bond donors (Lipinski definition) is 0. The molecule has 1 unspecified atom stereocenters. The van der Waals surface area contributed by atoms with Crippen LogP contribution in [0.4, 0.5) is 4.39 Å². The van der Waals surface area contributed by atoms with Gasteiger partial charge < -0.3 is 4.74 Å². The predicted octanol–water partition coefficient (Wildman–Crippen LogP) is 5.00. The first-order valence-corrected chi connectivity index (χ1v) is 13.9. The summed E-state index contributed by atoms with van der Waals surface area (Å²) >= 11 is 1.81. The van der Waals surface area contributed by atoms with Gasteiger partial charge in [0.15, 0.2) is 0 Å². The molecule has 2 aliphatic rings. The molecule has 0 aromatic heterocycles. The summed E-state index contributed by atoms with van der Waals surface area (Å²) in [5.41, 5.74) is 1.98. The number of sulfonamides is 1. The summed E-state index contributed by atoms with van der Waals surface area (Å²) in [6.07, 6.45) is 4.56. The molecule has 0 radical (unpaired) electrons. The third kappa shape index (κ3) is 5.84. The number of hydrogen-bond acceptors (Lipinski definition) is 5. The summed E-state index contributed by atoms with van der Waals surface area (Å²) in [6, 6.07) is 16.0. The van der Waals surface area contributed by atoms with Gasteiger partial charge >= 0.3 is 0 Å². The quantitative estimate of drug-likeness (QED) is 0.547. The number of ether oxygens (including phenoxy) is 1. The molecular weight excluding hydrogens is 447 g/mol. The minimum absolute atomic E-state index is 0.0949. The molecule has 32 heavy (non-hydrogen) atoms.